The van der Waals surface area contributed by atoms with Gasteiger partial charge in [-0.25, -0.2) is 0 Å². The van der Waals surface area contributed by atoms with Gasteiger partial charge in [0, 0.05) is 0 Å². The minimum atomic E-state index is -0.719. The van der Waals surface area contributed by atoms with E-state index >= 15 is 0 Å². The first-order valence-corrected chi connectivity index (χ1v) is 7.74. The van der Waals surface area contributed by atoms with Crippen LogP contribution in [0.25, 0.3) is 0 Å². The van der Waals surface area contributed by atoms with Crippen LogP contribution in [0.3, 0.4) is 0 Å². The maximum absolute atomic E-state index is 11.4. The van der Waals surface area contributed by atoms with Gasteiger partial charge in [-0.05, 0) is 82.5 Å². The summed E-state index contributed by atoms with van der Waals surface area (Å²) < 4.78 is 0. The monoisotopic (exact) mass is 262 g/mol. The molecule has 2 nitrogen and oxygen atoms in total. The number of aliphatic carboxylic acids is 1. The molecule has 4 saturated carbocycles. The highest BCUT2D eigenvalue weighted by Gasteiger charge is 2.50. The topological polar surface area (TPSA) is 37.3 Å². The van der Waals surface area contributed by atoms with Crippen molar-refractivity contribution in [2.45, 2.75) is 59.3 Å². The standard InChI is InChI=1S/C17H26O2/c1-11(16(2,3)15(18)19)7-17-8-12-4-13(9-17)6-14(5-12)10-17/h7,12-14H,4-6,8-10H2,1-3H3,(H,18,19)/b11-7+. The summed E-state index contributed by atoms with van der Waals surface area (Å²) in [5.41, 5.74) is 0.677. The van der Waals surface area contributed by atoms with Crippen molar-refractivity contribution in [1.82, 2.24) is 0 Å². The summed E-state index contributed by atoms with van der Waals surface area (Å²) in [6.07, 6.45) is 10.6. The van der Waals surface area contributed by atoms with E-state index in [1.165, 1.54) is 38.5 Å². The van der Waals surface area contributed by atoms with Crippen LogP contribution >= 0.6 is 0 Å². The van der Waals surface area contributed by atoms with E-state index in [0.29, 0.717) is 5.41 Å². The summed E-state index contributed by atoms with van der Waals surface area (Å²) in [6, 6.07) is 0. The molecule has 1 N–H and O–H groups in total. The Balaban J connectivity index is 1.88. The molecule has 4 bridgehead atoms. The summed E-state index contributed by atoms with van der Waals surface area (Å²) >= 11 is 0. The summed E-state index contributed by atoms with van der Waals surface area (Å²) in [5.74, 6) is 2.06. The lowest BCUT2D eigenvalue weighted by Gasteiger charge is -2.56. The summed E-state index contributed by atoms with van der Waals surface area (Å²) in [6.45, 7) is 5.69. The molecule has 0 amide bonds. The Kier molecular flexibility index (Phi) is 2.85. The fraction of sp³-hybridized carbons (Fsp3) is 0.824. The molecule has 0 saturated heterocycles. The lowest BCUT2D eigenvalue weighted by molar-refractivity contribution is -0.144. The number of hydrogen-bond donors (Lipinski definition) is 1. The number of carboxylic acids is 1. The average molecular weight is 262 g/mol. The molecular formula is C17H26O2. The number of carbonyl (C=O) groups is 1. The SMILES string of the molecule is C/C(=C\C12CC3CC(CC(C3)C1)C2)C(C)(C)C(=O)O. The van der Waals surface area contributed by atoms with Crippen molar-refractivity contribution < 1.29 is 9.90 Å². The molecule has 0 aromatic rings. The average Bonchev–Trinajstić information content (AvgIpc) is 2.25. The van der Waals surface area contributed by atoms with Gasteiger partial charge in [0.15, 0.2) is 0 Å². The first-order valence-electron chi connectivity index (χ1n) is 7.74. The van der Waals surface area contributed by atoms with Gasteiger partial charge in [0.2, 0.25) is 0 Å². The van der Waals surface area contributed by atoms with Crippen molar-refractivity contribution in [3.63, 3.8) is 0 Å². The van der Waals surface area contributed by atoms with Crippen LogP contribution in [-0.4, -0.2) is 11.1 Å². The van der Waals surface area contributed by atoms with Crippen LogP contribution in [0.2, 0.25) is 0 Å². The van der Waals surface area contributed by atoms with Crippen LogP contribution in [0.4, 0.5) is 0 Å². The number of hydrogen-bond acceptors (Lipinski definition) is 1. The van der Waals surface area contributed by atoms with Gasteiger partial charge in [-0.3, -0.25) is 4.79 Å². The van der Waals surface area contributed by atoms with Gasteiger partial charge >= 0.3 is 5.97 Å². The molecule has 4 aliphatic carbocycles. The van der Waals surface area contributed by atoms with Crippen LogP contribution in [0.1, 0.15) is 59.3 Å². The molecular weight excluding hydrogens is 236 g/mol. The Bertz CT molecular complexity index is 395. The highest BCUT2D eigenvalue weighted by molar-refractivity contribution is 5.77. The van der Waals surface area contributed by atoms with Crippen molar-refractivity contribution in [3.05, 3.63) is 11.6 Å². The minimum Gasteiger partial charge on any atom is -0.481 e. The molecule has 0 aromatic heterocycles. The molecule has 4 aliphatic rings. The zero-order valence-corrected chi connectivity index (χ0v) is 12.4. The molecule has 0 heterocycles. The van der Waals surface area contributed by atoms with Crippen molar-refractivity contribution in [2.24, 2.45) is 28.6 Å². The Morgan fingerprint density at radius 3 is 1.89 bits per heavy atom. The fourth-order valence-corrected chi connectivity index (χ4v) is 5.16. The van der Waals surface area contributed by atoms with E-state index in [2.05, 4.69) is 6.08 Å². The van der Waals surface area contributed by atoms with Gasteiger partial charge in [0.25, 0.3) is 0 Å². The van der Waals surface area contributed by atoms with Crippen molar-refractivity contribution in [1.29, 1.82) is 0 Å². The predicted molar refractivity (Wildman–Crippen MR) is 75.8 cm³/mol. The lowest BCUT2D eigenvalue weighted by atomic mass is 9.49. The second-order valence-electron chi connectivity index (χ2n) is 8.04. The van der Waals surface area contributed by atoms with Crippen molar-refractivity contribution in [3.8, 4) is 0 Å². The Morgan fingerprint density at radius 2 is 1.53 bits per heavy atom. The molecule has 19 heavy (non-hydrogen) atoms. The van der Waals surface area contributed by atoms with E-state index in [1.807, 2.05) is 20.8 Å². The van der Waals surface area contributed by atoms with Crippen LogP contribution in [-0.2, 0) is 4.79 Å². The highest BCUT2D eigenvalue weighted by atomic mass is 16.4. The van der Waals surface area contributed by atoms with E-state index in [-0.39, 0.29) is 0 Å². The second-order valence-corrected chi connectivity index (χ2v) is 8.04. The third-order valence-corrected chi connectivity index (χ3v) is 6.13. The van der Waals surface area contributed by atoms with Crippen LogP contribution in [0.15, 0.2) is 11.6 Å². The van der Waals surface area contributed by atoms with E-state index in [1.54, 1.807) is 0 Å². The predicted octanol–water partition coefficient (Wildman–Crippen LogP) is 4.26. The first-order chi connectivity index (χ1) is 8.81. The van der Waals surface area contributed by atoms with Crippen LogP contribution in [0, 0.1) is 28.6 Å². The summed E-state index contributed by atoms with van der Waals surface area (Å²) in [7, 11) is 0. The molecule has 4 rings (SSSR count). The second kappa shape index (κ2) is 4.10. The Hall–Kier alpha value is -0.790. The van der Waals surface area contributed by atoms with E-state index in [0.717, 1.165) is 23.3 Å². The normalized spacial score (nSPS) is 41.6. The molecule has 106 valence electrons. The van der Waals surface area contributed by atoms with Gasteiger partial charge in [-0.2, -0.15) is 0 Å². The minimum absolute atomic E-state index is 0.339. The molecule has 0 spiro atoms. The third-order valence-electron chi connectivity index (χ3n) is 6.13. The van der Waals surface area contributed by atoms with E-state index < -0.39 is 11.4 Å². The van der Waals surface area contributed by atoms with Gasteiger partial charge in [0.05, 0.1) is 5.41 Å². The quantitative estimate of drug-likeness (QED) is 0.772. The molecule has 4 fully saturated rings. The number of allylic oxidation sites excluding steroid dienone is 1. The molecule has 0 radical (unpaired) electrons. The third kappa shape index (κ3) is 2.13. The van der Waals surface area contributed by atoms with Crippen LogP contribution < -0.4 is 0 Å². The van der Waals surface area contributed by atoms with E-state index in [9.17, 15) is 9.90 Å². The lowest BCUT2D eigenvalue weighted by Crippen LogP contribution is -2.45. The fourth-order valence-electron chi connectivity index (χ4n) is 5.16. The van der Waals surface area contributed by atoms with Crippen molar-refractivity contribution >= 4 is 5.97 Å². The van der Waals surface area contributed by atoms with Gasteiger partial charge < -0.3 is 5.11 Å². The number of rotatable bonds is 3. The Morgan fingerprint density at radius 1 is 1.11 bits per heavy atom. The van der Waals surface area contributed by atoms with E-state index in [4.69, 9.17) is 0 Å². The van der Waals surface area contributed by atoms with Crippen LogP contribution in [0.5, 0.6) is 0 Å². The zero-order valence-electron chi connectivity index (χ0n) is 12.4. The Labute approximate surface area is 116 Å². The smallest absolute Gasteiger partial charge is 0.313 e. The molecule has 2 heteroatoms. The molecule has 0 atom stereocenters. The largest absolute Gasteiger partial charge is 0.481 e. The van der Waals surface area contributed by atoms with Crippen molar-refractivity contribution in [2.75, 3.05) is 0 Å². The zero-order chi connectivity index (χ0) is 13.8. The summed E-state index contributed by atoms with van der Waals surface area (Å²) in [4.78, 5) is 11.4. The van der Waals surface area contributed by atoms with Gasteiger partial charge in [0.1, 0.15) is 0 Å². The number of carboxylic acid groups (broad SMARTS) is 1. The molecule has 0 aromatic carbocycles. The molecule has 0 aliphatic heterocycles. The maximum atomic E-state index is 11.4. The highest BCUT2D eigenvalue weighted by Crippen LogP contribution is 2.61. The van der Waals surface area contributed by atoms with Gasteiger partial charge in [-0.1, -0.05) is 11.6 Å². The first kappa shape index (κ1) is 13.2. The summed E-state index contributed by atoms with van der Waals surface area (Å²) in [5, 5.41) is 9.38. The van der Waals surface area contributed by atoms with Gasteiger partial charge in [-0.15, -0.1) is 0 Å². The molecule has 0 unspecified atom stereocenters. The maximum Gasteiger partial charge on any atom is 0.313 e.